The molecule has 0 radical (unpaired) electrons. The molecule has 92 valence electrons. The van der Waals surface area contributed by atoms with Crippen LogP contribution in [-0.4, -0.2) is 22.4 Å². The van der Waals surface area contributed by atoms with Crippen molar-refractivity contribution in [3.63, 3.8) is 0 Å². The van der Waals surface area contributed by atoms with Crippen molar-refractivity contribution in [1.29, 1.82) is 0 Å². The summed E-state index contributed by atoms with van der Waals surface area (Å²) in [5.41, 5.74) is -0.131. The molecule has 0 bridgehead atoms. The molecular formula is C12H14ClNO3. The van der Waals surface area contributed by atoms with Gasteiger partial charge in [0.05, 0.1) is 12.0 Å². The van der Waals surface area contributed by atoms with Gasteiger partial charge in [0.2, 0.25) is 0 Å². The van der Waals surface area contributed by atoms with Crippen LogP contribution < -0.4 is 0 Å². The lowest BCUT2D eigenvalue weighted by Crippen LogP contribution is -2.32. The van der Waals surface area contributed by atoms with Gasteiger partial charge in [-0.2, -0.15) is 0 Å². The summed E-state index contributed by atoms with van der Waals surface area (Å²) in [7, 11) is 0. The van der Waals surface area contributed by atoms with Gasteiger partial charge in [-0.05, 0) is 25.5 Å². The summed E-state index contributed by atoms with van der Waals surface area (Å²) < 4.78 is 0. The van der Waals surface area contributed by atoms with Crippen LogP contribution in [-0.2, 0) is 16.2 Å². The van der Waals surface area contributed by atoms with Gasteiger partial charge in [-0.15, -0.1) is 0 Å². The molecule has 1 fully saturated rings. The molecule has 0 saturated carbocycles. The minimum absolute atomic E-state index is 0.235. The average Bonchev–Trinajstić information content (AvgIpc) is 2.46. The Morgan fingerprint density at radius 2 is 2.12 bits per heavy atom. The van der Waals surface area contributed by atoms with Gasteiger partial charge in [-0.25, -0.2) is 9.90 Å². The Balaban J connectivity index is 2.17. The Morgan fingerprint density at radius 3 is 2.65 bits per heavy atom. The van der Waals surface area contributed by atoms with Crippen LogP contribution in [0, 0.1) is 5.41 Å². The number of rotatable bonds is 2. The molecule has 2 rings (SSSR count). The molecule has 0 spiro atoms. The third-order valence-corrected chi connectivity index (χ3v) is 3.26. The maximum atomic E-state index is 12.0. The molecule has 0 aliphatic carbocycles. The Labute approximate surface area is 105 Å². The number of nitrogens with zero attached hydrogens (tertiary/aromatic N) is 1. The number of carbonyl (C=O) groups excluding carboxylic acids is 1. The molecule has 17 heavy (non-hydrogen) atoms. The smallest absolute Gasteiger partial charge is 0.257 e. The van der Waals surface area contributed by atoms with Crippen molar-refractivity contribution in [2.24, 2.45) is 5.41 Å². The normalized spacial score (nSPS) is 23.2. The van der Waals surface area contributed by atoms with Gasteiger partial charge in [-0.3, -0.25) is 4.79 Å². The monoisotopic (exact) mass is 255 g/mol. The lowest BCUT2D eigenvalue weighted by atomic mass is 9.92. The summed E-state index contributed by atoms with van der Waals surface area (Å²) in [6.07, 6.45) is -1.11. The molecule has 1 saturated heterocycles. The molecule has 1 aromatic carbocycles. The minimum Gasteiger partial charge on any atom is -0.365 e. The summed E-state index contributed by atoms with van der Waals surface area (Å²) in [6.45, 7) is 3.53. The first-order valence-corrected chi connectivity index (χ1v) is 5.71. The van der Waals surface area contributed by atoms with Crippen LogP contribution in [0.15, 0.2) is 24.3 Å². The lowest BCUT2D eigenvalue weighted by Gasteiger charge is -2.16. The zero-order valence-corrected chi connectivity index (χ0v) is 10.4. The molecule has 1 atom stereocenters. The van der Waals surface area contributed by atoms with E-state index in [9.17, 15) is 9.90 Å². The van der Waals surface area contributed by atoms with Crippen molar-refractivity contribution in [3.8, 4) is 0 Å². The van der Waals surface area contributed by atoms with E-state index < -0.39 is 11.7 Å². The van der Waals surface area contributed by atoms with E-state index in [-0.39, 0.29) is 12.5 Å². The van der Waals surface area contributed by atoms with E-state index in [1.165, 1.54) is 0 Å². The first-order chi connectivity index (χ1) is 7.93. The van der Waals surface area contributed by atoms with Crippen molar-refractivity contribution in [3.05, 3.63) is 34.9 Å². The molecule has 1 heterocycles. The predicted molar refractivity (Wildman–Crippen MR) is 62.9 cm³/mol. The standard InChI is InChI=1S/C12H14ClNO3/c1-12(2)10(15)14(17-11(12)16)7-8-5-3-4-6-9(8)13/h3-6,11,16H,7H2,1-2H3. The van der Waals surface area contributed by atoms with Crippen molar-refractivity contribution >= 4 is 17.5 Å². The molecule has 0 aromatic heterocycles. The van der Waals surface area contributed by atoms with Gasteiger partial charge in [0.25, 0.3) is 5.91 Å². The van der Waals surface area contributed by atoms with Crippen molar-refractivity contribution in [1.82, 2.24) is 5.06 Å². The summed E-state index contributed by atoms with van der Waals surface area (Å²) in [5, 5.41) is 11.4. The van der Waals surface area contributed by atoms with E-state index in [2.05, 4.69) is 0 Å². The fourth-order valence-electron chi connectivity index (χ4n) is 1.62. The topological polar surface area (TPSA) is 49.8 Å². The van der Waals surface area contributed by atoms with E-state index in [0.717, 1.165) is 10.6 Å². The number of hydrogen-bond acceptors (Lipinski definition) is 3. The Hall–Kier alpha value is -1.10. The zero-order valence-electron chi connectivity index (χ0n) is 9.68. The van der Waals surface area contributed by atoms with Gasteiger partial charge in [0.1, 0.15) is 0 Å². The van der Waals surface area contributed by atoms with E-state index in [0.29, 0.717) is 5.02 Å². The fraction of sp³-hybridized carbons (Fsp3) is 0.417. The van der Waals surface area contributed by atoms with Gasteiger partial charge >= 0.3 is 0 Å². The van der Waals surface area contributed by atoms with Crippen molar-refractivity contribution in [2.45, 2.75) is 26.7 Å². The summed E-state index contributed by atoms with van der Waals surface area (Å²) in [5.74, 6) is -0.245. The second kappa shape index (κ2) is 4.29. The Bertz CT molecular complexity index is 447. The molecule has 1 amide bonds. The molecule has 1 unspecified atom stereocenters. The highest BCUT2D eigenvalue weighted by molar-refractivity contribution is 6.31. The van der Waals surface area contributed by atoms with Gasteiger partial charge in [-0.1, -0.05) is 29.8 Å². The Morgan fingerprint density at radius 1 is 1.47 bits per heavy atom. The highest BCUT2D eigenvalue weighted by Crippen LogP contribution is 2.33. The van der Waals surface area contributed by atoms with E-state index >= 15 is 0 Å². The quantitative estimate of drug-likeness (QED) is 0.879. The van der Waals surface area contributed by atoms with E-state index in [4.69, 9.17) is 16.4 Å². The summed E-state index contributed by atoms with van der Waals surface area (Å²) in [4.78, 5) is 17.1. The number of hydroxylamine groups is 2. The number of aliphatic hydroxyl groups excluding tert-OH is 1. The van der Waals surface area contributed by atoms with E-state index in [1.54, 1.807) is 19.9 Å². The highest BCUT2D eigenvalue weighted by atomic mass is 35.5. The van der Waals surface area contributed by atoms with Crippen LogP contribution in [0.1, 0.15) is 19.4 Å². The van der Waals surface area contributed by atoms with Crippen LogP contribution >= 0.6 is 11.6 Å². The third-order valence-electron chi connectivity index (χ3n) is 2.89. The third kappa shape index (κ3) is 2.16. The summed E-state index contributed by atoms with van der Waals surface area (Å²) in [6, 6.07) is 7.22. The largest absolute Gasteiger partial charge is 0.365 e. The molecule has 1 N–H and O–H groups in total. The molecule has 1 aliphatic rings. The van der Waals surface area contributed by atoms with Gasteiger partial charge in [0, 0.05) is 5.02 Å². The lowest BCUT2D eigenvalue weighted by molar-refractivity contribution is -0.228. The highest BCUT2D eigenvalue weighted by Gasteiger charge is 2.48. The van der Waals surface area contributed by atoms with Crippen molar-refractivity contribution in [2.75, 3.05) is 0 Å². The number of amides is 1. The van der Waals surface area contributed by atoms with E-state index in [1.807, 2.05) is 18.2 Å². The van der Waals surface area contributed by atoms with Crippen LogP contribution in [0.25, 0.3) is 0 Å². The first kappa shape index (κ1) is 12.4. The first-order valence-electron chi connectivity index (χ1n) is 5.33. The number of carbonyl (C=O) groups is 1. The maximum absolute atomic E-state index is 12.0. The second-order valence-corrected chi connectivity index (χ2v) is 5.02. The number of hydrogen-bond donors (Lipinski definition) is 1. The zero-order chi connectivity index (χ0) is 12.6. The number of aliphatic hydroxyl groups is 1. The van der Waals surface area contributed by atoms with Gasteiger partial charge in [0.15, 0.2) is 6.29 Å². The number of halogens is 1. The molecule has 1 aliphatic heterocycles. The second-order valence-electron chi connectivity index (χ2n) is 4.61. The van der Waals surface area contributed by atoms with Crippen LogP contribution in [0.3, 0.4) is 0 Å². The summed E-state index contributed by atoms with van der Waals surface area (Å²) >= 11 is 6.00. The molecular weight excluding hydrogens is 242 g/mol. The fourth-order valence-corrected chi connectivity index (χ4v) is 1.81. The minimum atomic E-state index is -1.11. The Kier molecular flexibility index (Phi) is 3.12. The van der Waals surface area contributed by atoms with Crippen LogP contribution in [0.2, 0.25) is 5.02 Å². The van der Waals surface area contributed by atoms with Gasteiger partial charge < -0.3 is 5.11 Å². The average molecular weight is 256 g/mol. The maximum Gasteiger partial charge on any atom is 0.257 e. The molecule has 4 nitrogen and oxygen atoms in total. The molecule has 5 heteroatoms. The number of benzene rings is 1. The van der Waals surface area contributed by atoms with Crippen LogP contribution in [0.4, 0.5) is 0 Å². The SMILES string of the molecule is CC1(C)C(=O)N(Cc2ccccc2Cl)OC1O. The van der Waals surface area contributed by atoms with Crippen molar-refractivity contribution < 1.29 is 14.7 Å². The molecule has 1 aromatic rings. The predicted octanol–water partition coefficient (Wildman–Crippen LogP) is 1.96. The van der Waals surface area contributed by atoms with Crippen LogP contribution in [0.5, 0.6) is 0 Å².